The van der Waals surface area contributed by atoms with Crippen LogP contribution in [0.1, 0.15) is 23.1 Å². The highest BCUT2D eigenvalue weighted by atomic mass is 16.5. The Balaban J connectivity index is 1.56. The first kappa shape index (κ1) is 19.6. The number of carbonyl (C=O) groups excluding carboxylic acids is 3. The molecule has 3 rings (SSSR count). The summed E-state index contributed by atoms with van der Waals surface area (Å²) in [5.41, 5.74) is 4.59. The van der Waals surface area contributed by atoms with Gasteiger partial charge in [-0.25, -0.2) is 0 Å². The highest BCUT2D eigenvalue weighted by Gasteiger charge is 2.37. The molecule has 146 valence electrons. The molecular formula is C22H24N2O4. The molecule has 2 aromatic rings. The lowest BCUT2D eigenvalue weighted by Gasteiger charge is -2.20. The fraction of sp³-hybridized carbons (Fsp3) is 0.318. The zero-order chi connectivity index (χ0) is 20.3. The number of ether oxygens (including phenoxy) is 1. The van der Waals surface area contributed by atoms with Crippen molar-refractivity contribution in [3.05, 3.63) is 59.2 Å². The van der Waals surface area contributed by atoms with Gasteiger partial charge in [-0.05, 0) is 55.7 Å². The first-order valence-corrected chi connectivity index (χ1v) is 9.25. The monoisotopic (exact) mass is 380 g/mol. The standard InChI is InChI=1S/C22H24N2O4/c1-14-6-4-8-18(10-14)23-20(25)13-28-22(27)17-11-21(26)24(12-17)19-9-5-7-15(2)16(19)3/h4-10,17H,11-13H2,1-3H3,(H,23,25)/t17-/m1/s1. The number of benzene rings is 2. The fourth-order valence-electron chi connectivity index (χ4n) is 3.30. The molecule has 0 aliphatic carbocycles. The van der Waals surface area contributed by atoms with Gasteiger partial charge in [0.25, 0.3) is 5.91 Å². The minimum absolute atomic E-state index is 0.0890. The molecule has 0 bridgehead atoms. The third-order valence-electron chi connectivity index (χ3n) is 4.97. The van der Waals surface area contributed by atoms with E-state index in [1.54, 1.807) is 11.0 Å². The molecule has 6 nitrogen and oxygen atoms in total. The average Bonchev–Trinajstić information content (AvgIpc) is 3.04. The Labute approximate surface area is 164 Å². The molecule has 6 heteroatoms. The summed E-state index contributed by atoms with van der Waals surface area (Å²) in [7, 11) is 0. The second-order valence-corrected chi connectivity index (χ2v) is 7.15. The van der Waals surface area contributed by atoms with Gasteiger partial charge in [0.15, 0.2) is 6.61 Å². The smallest absolute Gasteiger partial charge is 0.311 e. The number of amides is 2. The molecule has 2 amide bonds. The van der Waals surface area contributed by atoms with Crippen LogP contribution < -0.4 is 10.2 Å². The second-order valence-electron chi connectivity index (χ2n) is 7.15. The number of aryl methyl sites for hydroxylation is 2. The molecule has 1 saturated heterocycles. The van der Waals surface area contributed by atoms with Crippen molar-refractivity contribution in [3.63, 3.8) is 0 Å². The number of esters is 1. The summed E-state index contributed by atoms with van der Waals surface area (Å²) in [6, 6.07) is 13.1. The van der Waals surface area contributed by atoms with Crippen LogP contribution in [0, 0.1) is 26.7 Å². The summed E-state index contributed by atoms with van der Waals surface area (Å²) in [5, 5.41) is 2.69. The molecule has 0 saturated carbocycles. The van der Waals surface area contributed by atoms with Crippen molar-refractivity contribution in [3.8, 4) is 0 Å². The van der Waals surface area contributed by atoms with Gasteiger partial charge >= 0.3 is 5.97 Å². The van der Waals surface area contributed by atoms with E-state index in [1.165, 1.54) is 0 Å². The highest BCUT2D eigenvalue weighted by molar-refractivity contribution is 6.00. The van der Waals surface area contributed by atoms with Crippen LogP contribution in [0.5, 0.6) is 0 Å². The maximum absolute atomic E-state index is 12.4. The van der Waals surface area contributed by atoms with E-state index in [0.717, 1.165) is 22.4 Å². The summed E-state index contributed by atoms with van der Waals surface area (Å²) in [6.07, 6.45) is 0.0890. The van der Waals surface area contributed by atoms with Crippen LogP contribution in [-0.4, -0.2) is 30.9 Å². The van der Waals surface area contributed by atoms with E-state index < -0.39 is 17.8 Å². The lowest BCUT2D eigenvalue weighted by atomic mass is 10.1. The fourth-order valence-corrected chi connectivity index (χ4v) is 3.30. The lowest BCUT2D eigenvalue weighted by molar-refractivity contribution is -0.151. The third-order valence-corrected chi connectivity index (χ3v) is 4.97. The minimum Gasteiger partial charge on any atom is -0.455 e. The molecule has 0 aromatic heterocycles. The number of nitrogens with zero attached hydrogens (tertiary/aromatic N) is 1. The molecule has 0 unspecified atom stereocenters. The highest BCUT2D eigenvalue weighted by Crippen LogP contribution is 2.29. The first-order chi connectivity index (χ1) is 13.3. The molecule has 1 aliphatic rings. The molecule has 1 heterocycles. The molecule has 0 spiro atoms. The Hall–Kier alpha value is -3.15. The number of nitrogens with one attached hydrogen (secondary N) is 1. The zero-order valence-corrected chi connectivity index (χ0v) is 16.3. The summed E-state index contributed by atoms with van der Waals surface area (Å²) in [5.74, 6) is -1.62. The zero-order valence-electron chi connectivity index (χ0n) is 16.3. The van der Waals surface area contributed by atoms with Crippen molar-refractivity contribution in [1.29, 1.82) is 0 Å². The molecule has 28 heavy (non-hydrogen) atoms. The van der Waals surface area contributed by atoms with Crippen molar-refractivity contribution >= 4 is 29.2 Å². The van der Waals surface area contributed by atoms with Gasteiger partial charge in [0, 0.05) is 24.3 Å². The van der Waals surface area contributed by atoms with Crippen molar-refractivity contribution in [2.75, 3.05) is 23.4 Å². The van der Waals surface area contributed by atoms with Crippen molar-refractivity contribution < 1.29 is 19.1 Å². The van der Waals surface area contributed by atoms with E-state index in [1.807, 2.05) is 57.2 Å². The Kier molecular flexibility index (Phi) is 5.78. The third kappa shape index (κ3) is 4.39. The predicted molar refractivity (Wildman–Crippen MR) is 107 cm³/mol. The van der Waals surface area contributed by atoms with Crippen molar-refractivity contribution in [2.45, 2.75) is 27.2 Å². The average molecular weight is 380 g/mol. The van der Waals surface area contributed by atoms with Crippen LogP contribution in [-0.2, 0) is 19.1 Å². The summed E-state index contributed by atoms with van der Waals surface area (Å²) in [6.45, 7) is 5.76. The Bertz CT molecular complexity index is 923. The normalized spacial score (nSPS) is 16.2. The van der Waals surface area contributed by atoms with Crippen LogP contribution in [0.15, 0.2) is 42.5 Å². The number of hydrogen-bond acceptors (Lipinski definition) is 4. The number of rotatable bonds is 5. The van der Waals surface area contributed by atoms with Gasteiger partial charge in [0.05, 0.1) is 5.92 Å². The second kappa shape index (κ2) is 8.25. The number of carbonyl (C=O) groups is 3. The van der Waals surface area contributed by atoms with E-state index in [-0.39, 0.29) is 25.5 Å². The minimum atomic E-state index is -0.570. The Morgan fingerprint density at radius 1 is 1.14 bits per heavy atom. The maximum Gasteiger partial charge on any atom is 0.311 e. The Morgan fingerprint density at radius 2 is 1.89 bits per heavy atom. The molecule has 1 aliphatic heterocycles. The van der Waals surface area contributed by atoms with Gasteiger partial charge < -0.3 is 15.0 Å². The van der Waals surface area contributed by atoms with E-state index in [2.05, 4.69) is 5.32 Å². The van der Waals surface area contributed by atoms with E-state index in [0.29, 0.717) is 5.69 Å². The number of hydrogen-bond donors (Lipinski definition) is 1. The van der Waals surface area contributed by atoms with Gasteiger partial charge in [-0.1, -0.05) is 24.3 Å². The van der Waals surface area contributed by atoms with Gasteiger partial charge in [-0.2, -0.15) is 0 Å². The first-order valence-electron chi connectivity index (χ1n) is 9.25. The van der Waals surface area contributed by atoms with Crippen LogP contribution in [0.2, 0.25) is 0 Å². The van der Waals surface area contributed by atoms with E-state index in [4.69, 9.17) is 4.74 Å². The van der Waals surface area contributed by atoms with Crippen molar-refractivity contribution in [1.82, 2.24) is 0 Å². The van der Waals surface area contributed by atoms with Crippen LogP contribution in [0.3, 0.4) is 0 Å². The van der Waals surface area contributed by atoms with Gasteiger partial charge in [0.1, 0.15) is 0 Å². The van der Waals surface area contributed by atoms with Crippen LogP contribution in [0.4, 0.5) is 11.4 Å². The molecule has 1 atom stereocenters. The van der Waals surface area contributed by atoms with Crippen LogP contribution >= 0.6 is 0 Å². The summed E-state index contributed by atoms with van der Waals surface area (Å²) >= 11 is 0. The summed E-state index contributed by atoms with van der Waals surface area (Å²) in [4.78, 5) is 38.4. The van der Waals surface area contributed by atoms with Crippen molar-refractivity contribution in [2.24, 2.45) is 5.92 Å². The quantitative estimate of drug-likeness (QED) is 0.809. The van der Waals surface area contributed by atoms with Gasteiger partial charge in [-0.15, -0.1) is 0 Å². The number of anilines is 2. The van der Waals surface area contributed by atoms with E-state index >= 15 is 0 Å². The largest absolute Gasteiger partial charge is 0.455 e. The molecule has 0 radical (unpaired) electrons. The van der Waals surface area contributed by atoms with Gasteiger partial charge in [-0.3, -0.25) is 14.4 Å². The maximum atomic E-state index is 12.4. The van der Waals surface area contributed by atoms with E-state index in [9.17, 15) is 14.4 Å². The summed E-state index contributed by atoms with van der Waals surface area (Å²) < 4.78 is 5.15. The predicted octanol–water partition coefficient (Wildman–Crippen LogP) is 3.15. The topological polar surface area (TPSA) is 75.7 Å². The molecule has 1 N–H and O–H groups in total. The molecule has 1 fully saturated rings. The van der Waals surface area contributed by atoms with Crippen LogP contribution in [0.25, 0.3) is 0 Å². The Morgan fingerprint density at radius 3 is 2.64 bits per heavy atom. The lowest BCUT2D eigenvalue weighted by Crippen LogP contribution is -2.28. The molecular weight excluding hydrogens is 356 g/mol. The molecule has 2 aromatic carbocycles. The van der Waals surface area contributed by atoms with Gasteiger partial charge in [0.2, 0.25) is 5.91 Å². The SMILES string of the molecule is Cc1cccc(NC(=O)COC(=O)[C@@H]2CC(=O)N(c3cccc(C)c3C)C2)c1.